The van der Waals surface area contributed by atoms with Crippen molar-refractivity contribution in [3.8, 4) is 0 Å². The molecule has 0 aliphatic carbocycles. The number of rotatable bonds is 4. The molecule has 5 nitrogen and oxygen atoms in total. The summed E-state index contributed by atoms with van der Waals surface area (Å²) in [6.45, 7) is 8.29. The molecule has 1 aromatic rings. The van der Waals surface area contributed by atoms with Crippen LogP contribution in [0.5, 0.6) is 0 Å². The molecule has 22 heavy (non-hydrogen) atoms. The quantitative estimate of drug-likeness (QED) is 0.930. The van der Waals surface area contributed by atoms with Gasteiger partial charge in [0.15, 0.2) is 0 Å². The Bertz CT molecular complexity index is 516. The van der Waals surface area contributed by atoms with Gasteiger partial charge in [-0.3, -0.25) is 0 Å². The molecule has 1 aliphatic rings. The standard InChI is InChI=1S/C17H26N2O3/c1-13-10-19(12-17(2,3)22-13)16(20)18-9-14-7-5-6-8-15(14)11-21-4/h5-8,13H,9-12H2,1-4H3,(H,18,20). The van der Waals surface area contributed by atoms with Crippen LogP contribution >= 0.6 is 0 Å². The molecule has 1 aromatic carbocycles. The lowest BCUT2D eigenvalue weighted by Crippen LogP contribution is -2.56. The maximum absolute atomic E-state index is 12.4. The van der Waals surface area contributed by atoms with Crippen molar-refractivity contribution in [2.24, 2.45) is 0 Å². The van der Waals surface area contributed by atoms with Gasteiger partial charge in [-0.15, -0.1) is 0 Å². The summed E-state index contributed by atoms with van der Waals surface area (Å²) in [6.07, 6.45) is 0.0512. The number of methoxy groups -OCH3 is 1. The minimum absolute atomic E-state index is 0.0459. The summed E-state index contributed by atoms with van der Waals surface area (Å²) in [4.78, 5) is 14.2. The Balaban J connectivity index is 1.95. The molecule has 0 saturated carbocycles. The van der Waals surface area contributed by atoms with Crippen molar-refractivity contribution in [3.63, 3.8) is 0 Å². The van der Waals surface area contributed by atoms with Crippen LogP contribution in [0.3, 0.4) is 0 Å². The summed E-state index contributed by atoms with van der Waals surface area (Å²) in [5.74, 6) is 0. The minimum Gasteiger partial charge on any atom is -0.380 e. The minimum atomic E-state index is -0.303. The second-order valence-electron chi connectivity index (χ2n) is 6.43. The molecule has 1 unspecified atom stereocenters. The zero-order valence-electron chi connectivity index (χ0n) is 13.9. The Morgan fingerprint density at radius 2 is 2.09 bits per heavy atom. The van der Waals surface area contributed by atoms with Crippen LogP contribution in [0, 0.1) is 0 Å². The fourth-order valence-electron chi connectivity index (χ4n) is 2.92. The maximum Gasteiger partial charge on any atom is 0.317 e. The fraction of sp³-hybridized carbons (Fsp3) is 0.588. The molecule has 1 atom stereocenters. The van der Waals surface area contributed by atoms with E-state index in [1.54, 1.807) is 7.11 Å². The fourth-order valence-corrected chi connectivity index (χ4v) is 2.92. The SMILES string of the molecule is COCc1ccccc1CNC(=O)N1CC(C)OC(C)(C)C1. The highest BCUT2D eigenvalue weighted by molar-refractivity contribution is 5.74. The zero-order chi connectivity index (χ0) is 16.2. The molecule has 2 amide bonds. The molecule has 122 valence electrons. The normalized spacial score (nSPS) is 20.7. The van der Waals surface area contributed by atoms with Gasteiger partial charge in [0.25, 0.3) is 0 Å². The molecule has 1 N–H and O–H groups in total. The van der Waals surface area contributed by atoms with Crippen LogP contribution < -0.4 is 5.32 Å². The number of urea groups is 1. The lowest BCUT2D eigenvalue weighted by Gasteiger charge is -2.41. The first-order valence-corrected chi connectivity index (χ1v) is 7.67. The summed E-state index contributed by atoms with van der Waals surface area (Å²) in [5.41, 5.74) is 1.88. The Morgan fingerprint density at radius 1 is 1.41 bits per heavy atom. The van der Waals surface area contributed by atoms with Gasteiger partial charge >= 0.3 is 6.03 Å². The van der Waals surface area contributed by atoms with Crippen LogP contribution in [0.4, 0.5) is 4.79 Å². The van der Waals surface area contributed by atoms with Crippen LogP contribution in [0.15, 0.2) is 24.3 Å². The number of morpholine rings is 1. The van der Waals surface area contributed by atoms with Crippen molar-refractivity contribution >= 4 is 6.03 Å². The van der Waals surface area contributed by atoms with Gasteiger partial charge in [-0.2, -0.15) is 0 Å². The van der Waals surface area contributed by atoms with E-state index in [0.29, 0.717) is 26.2 Å². The first kappa shape index (κ1) is 16.8. The number of benzene rings is 1. The zero-order valence-corrected chi connectivity index (χ0v) is 13.9. The summed E-state index contributed by atoms with van der Waals surface area (Å²) >= 11 is 0. The third-order valence-corrected chi connectivity index (χ3v) is 3.70. The van der Waals surface area contributed by atoms with E-state index >= 15 is 0 Å². The number of carbonyl (C=O) groups is 1. The smallest absolute Gasteiger partial charge is 0.317 e. The Kier molecular flexibility index (Phi) is 5.42. The van der Waals surface area contributed by atoms with E-state index in [0.717, 1.165) is 11.1 Å². The number of carbonyl (C=O) groups excluding carboxylic acids is 1. The number of hydrogen-bond donors (Lipinski definition) is 1. The van der Waals surface area contributed by atoms with Gasteiger partial charge in [-0.05, 0) is 31.9 Å². The highest BCUT2D eigenvalue weighted by Gasteiger charge is 2.33. The predicted molar refractivity (Wildman–Crippen MR) is 85.6 cm³/mol. The van der Waals surface area contributed by atoms with Crippen LogP contribution in [0.25, 0.3) is 0 Å². The van der Waals surface area contributed by atoms with Crippen molar-refractivity contribution in [3.05, 3.63) is 35.4 Å². The molecular weight excluding hydrogens is 280 g/mol. The van der Waals surface area contributed by atoms with Gasteiger partial charge in [0.1, 0.15) is 0 Å². The van der Waals surface area contributed by atoms with Gasteiger partial charge in [0.2, 0.25) is 0 Å². The third-order valence-electron chi connectivity index (χ3n) is 3.70. The average molecular weight is 306 g/mol. The summed E-state index contributed by atoms with van der Waals surface area (Å²) < 4.78 is 11.0. The molecule has 1 heterocycles. The molecular formula is C17H26N2O3. The van der Waals surface area contributed by atoms with E-state index in [2.05, 4.69) is 5.32 Å². The second kappa shape index (κ2) is 7.11. The van der Waals surface area contributed by atoms with E-state index in [1.165, 1.54) is 0 Å². The van der Waals surface area contributed by atoms with Crippen molar-refractivity contribution in [2.75, 3.05) is 20.2 Å². The van der Waals surface area contributed by atoms with Crippen LogP contribution in [0.2, 0.25) is 0 Å². The molecule has 0 bridgehead atoms. The van der Waals surface area contributed by atoms with Gasteiger partial charge in [-0.25, -0.2) is 4.79 Å². The van der Waals surface area contributed by atoms with Gasteiger partial charge in [-0.1, -0.05) is 24.3 Å². The Morgan fingerprint density at radius 3 is 2.73 bits per heavy atom. The van der Waals surface area contributed by atoms with Crippen molar-refractivity contribution in [1.29, 1.82) is 0 Å². The monoisotopic (exact) mass is 306 g/mol. The molecule has 5 heteroatoms. The number of hydrogen-bond acceptors (Lipinski definition) is 3. The van der Waals surface area contributed by atoms with Gasteiger partial charge < -0.3 is 19.7 Å². The number of nitrogens with zero attached hydrogens (tertiary/aromatic N) is 1. The van der Waals surface area contributed by atoms with Crippen LogP contribution in [-0.2, 0) is 22.6 Å². The molecule has 0 aromatic heterocycles. The second-order valence-corrected chi connectivity index (χ2v) is 6.43. The predicted octanol–water partition coefficient (Wildman–Crippen LogP) is 2.54. The van der Waals surface area contributed by atoms with Crippen LogP contribution in [0.1, 0.15) is 31.9 Å². The highest BCUT2D eigenvalue weighted by Crippen LogP contribution is 2.20. The molecule has 1 fully saturated rings. The molecule has 0 spiro atoms. The summed E-state index contributed by atoms with van der Waals surface area (Å²) in [5, 5.41) is 3.00. The summed E-state index contributed by atoms with van der Waals surface area (Å²) in [6, 6.07) is 7.94. The lowest BCUT2D eigenvalue weighted by molar-refractivity contribution is -0.117. The first-order chi connectivity index (χ1) is 10.4. The van der Waals surface area contributed by atoms with Crippen molar-refractivity contribution in [1.82, 2.24) is 10.2 Å². The van der Waals surface area contributed by atoms with E-state index in [9.17, 15) is 4.79 Å². The Hall–Kier alpha value is -1.59. The largest absolute Gasteiger partial charge is 0.380 e. The molecule has 1 aliphatic heterocycles. The van der Waals surface area contributed by atoms with Gasteiger partial charge in [0, 0.05) is 20.2 Å². The van der Waals surface area contributed by atoms with E-state index in [-0.39, 0.29) is 17.7 Å². The van der Waals surface area contributed by atoms with E-state index < -0.39 is 0 Å². The van der Waals surface area contributed by atoms with Crippen LogP contribution in [-0.4, -0.2) is 42.8 Å². The molecule has 2 rings (SSSR count). The Labute approximate surface area is 132 Å². The average Bonchev–Trinajstić information content (AvgIpc) is 2.44. The van der Waals surface area contributed by atoms with Crippen molar-refractivity contribution < 1.29 is 14.3 Å². The third kappa shape index (κ3) is 4.45. The lowest BCUT2D eigenvalue weighted by atomic mass is 10.1. The summed E-state index contributed by atoms with van der Waals surface area (Å²) in [7, 11) is 1.67. The highest BCUT2D eigenvalue weighted by atomic mass is 16.5. The maximum atomic E-state index is 12.4. The van der Waals surface area contributed by atoms with Gasteiger partial charge in [0.05, 0.1) is 24.9 Å². The van der Waals surface area contributed by atoms with Crippen molar-refractivity contribution in [2.45, 2.75) is 45.6 Å². The van der Waals surface area contributed by atoms with E-state index in [4.69, 9.17) is 9.47 Å². The molecule has 1 saturated heterocycles. The van der Waals surface area contributed by atoms with E-state index in [1.807, 2.05) is 49.9 Å². The number of nitrogens with one attached hydrogen (secondary N) is 1. The number of amides is 2. The molecule has 0 radical (unpaired) electrons. The first-order valence-electron chi connectivity index (χ1n) is 7.67. The topological polar surface area (TPSA) is 50.8 Å². The number of ether oxygens (including phenoxy) is 2.